The van der Waals surface area contributed by atoms with Crippen LogP contribution in [0.25, 0.3) is 0 Å². The first kappa shape index (κ1) is 14.5. The smallest absolute Gasteiger partial charge is 0.304 e. The highest BCUT2D eigenvalue weighted by Gasteiger charge is 2.23. The third-order valence-corrected chi connectivity index (χ3v) is 2.92. The van der Waals surface area contributed by atoms with Crippen LogP contribution in [0.1, 0.15) is 29.2 Å². The normalized spacial score (nSPS) is 14.1. The number of methoxy groups -OCH3 is 1. The largest absolute Gasteiger partial charge is 0.496 e. The molecule has 100 valence electrons. The van der Waals surface area contributed by atoms with Crippen molar-refractivity contribution in [1.29, 1.82) is 0 Å². The van der Waals surface area contributed by atoms with Gasteiger partial charge in [-0.1, -0.05) is 6.07 Å². The fourth-order valence-electron chi connectivity index (χ4n) is 2.08. The lowest BCUT2D eigenvalue weighted by atomic mass is 9.92. The summed E-state index contributed by atoms with van der Waals surface area (Å²) in [5.74, 6) is -0.303. The minimum Gasteiger partial charge on any atom is -0.496 e. The molecule has 0 aliphatic heterocycles. The Labute approximate surface area is 107 Å². The van der Waals surface area contributed by atoms with Gasteiger partial charge in [-0.05, 0) is 31.0 Å². The number of hydrogen-bond donors (Lipinski definition) is 3. The standard InChI is InChI=1S/C13H20N2O3/c1-7-4-8(2)12(10(5-7)18-3)13(15)9(14)6-11(16)17/h4-5,9,13H,6,14-15H2,1-3H3,(H,16,17). The second-order valence-corrected chi connectivity index (χ2v) is 4.49. The molecule has 2 atom stereocenters. The average Bonchev–Trinajstić information content (AvgIpc) is 2.26. The predicted octanol–water partition coefficient (Wildman–Crippen LogP) is 1.11. The van der Waals surface area contributed by atoms with Crippen LogP contribution in [0.15, 0.2) is 12.1 Å². The van der Waals surface area contributed by atoms with E-state index in [9.17, 15) is 4.79 Å². The summed E-state index contributed by atoms with van der Waals surface area (Å²) in [4.78, 5) is 10.7. The van der Waals surface area contributed by atoms with Crippen LogP contribution in [0.3, 0.4) is 0 Å². The van der Waals surface area contributed by atoms with E-state index in [4.69, 9.17) is 21.3 Å². The summed E-state index contributed by atoms with van der Waals surface area (Å²) in [6, 6.07) is 2.65. The molecule has 18 heavy (non-hydrogen) atoms. The lowest BCUT2D eigenvalue weighted by Crippen LogP contribution is -2.36. The summed E-state index contributed by atoms with van der Waals surface area (Å²) in [5, 5.41) is 8.75. The molecule has 0 aromatic heterocycles. The van der Waals surface area contributed by atoms with Gasteiger partial charge in [-0.3, -0.25) is 4.79 Å². The maximum absolute atomic E-state index is 10.7. The van der Waals surface area contributed by atoms with E-state index >= 15 is 0 Å². The highest BCUT2D eigenvalue weighted by molar-refractivity contribution is 5.67. The molecule has 0 aliphatic rings. The van der Waals surface area contributed by atoms with E-state index in [2.05, 4.69) is 0 Å². The van der Waals surface area contributed by atoms with Crippen LogP contribution in [0.2, 0.25) is 0 Å². The van der Waals surface area contributed by atoms with Crippen molar-refractivity contribution in [3.8, 4) is 5.75 Å². The molecule has 0 saturated carbocycles. The van der Waals surface area contributed by atoms with Crippen molar-refractivity contribution in [3.63, 3.8) is 0 Å². The number of aryl methyl sites for hydroxylation is 2. The monoisotopic (exact) mass is 252 g/mol. The molecular formula is C13H20N2O3. The van der Waals surface area contributed by atoms with Crippen molar-refractivity contribution < 1.29 is 14.6 Å². The van der Waals surface area contributed by atoms with E-state index in [1.807, 2.05) is 26.0 Å². The van der Waals surface area contributed by atoms with Gasteiger partial charge in [0, 0.05) is 17.6 Å². The zero-order valence-electron chi connectivity index (χ0n) is 10.9. The van der Waals surface area contributed by atoms with E-state index in [-0.39, 0.29) is 6.42 Å². The van der Waals surface area contributed by atoms with Gasteiger partial charge in [-0.15, -0.1) is 0 Å². The third-order valence-electron chi connectivity index (χ3n) is 2.92. The Kier molecular flexibility index (Phi) is 4.69. The van der Waals surface area contributed by atoms with E-state index in [1.54, 1.807) is 7.11 Å². The van der Waals surface area contributed by atoms with Crippen LogP contribution in [0.4, 0.5) is 0 Å². The zero-order chi connectivity index (χ0) is 13.9. The third kappa shape index (κ3) is 3.21. The van der Waals surface area contributed by atoms with Gasteiger partial charge in [0.25, 0.3) is 0 Å². The predicted molar refractivity (Wildman–Crippen MR) is 69.6 cm³/mol. The Morgan fingerprint density at radius 3 is 2.50 bits per heavy atom. The summed E-state index contributed by atoms with van der Waals surface area (Å²) in [6.07, 6.45) is -0.169. The van der Waals surface area contributed by atoms with Gasteiger partial charge < -0.3 is 21.3 Å². The van der Waals surface area contributed by atoms with Crippen LogP contribution in [-0.2, 0) is 4.79 Å². The molecular weight excluding hydrogens is 232 g/mol. The van der Waals surface area contributed by atoms with Gasteiger partial charge >= 0.3 is 5.97 Å². The van der Waals surface area contributed by atoms with E-state index in [1.165, 1.54) is 0 Å². The maximum atomic E-state index is 10.7. The molecule has 0 amide bonds. The van der Waals surface area contributed by atoms with E-state index in [0.29, 0.717) is 5.75 Å². The number of aliphatic carboxylic acids is 1. The van der Waals surface area contributed by atoms with Gasteiger partial charge in [-0.2, -0.15) is 0 Å². The number of nitrogens with two attached hydrogens (primary N) is 2. The summed E-state index contributed by atoms with van der Waals surface area (Å²) in [6.45, 7) is 3.88. The molecule has 2 unspecified atom stereocenters. The van der Waals surface area contributed by atoms with Gasteiger partial charge in [0.2, 0.25) is 0 Å². The van der Waals surface area contributed by atoms with Crippen LogP contribution >= 0.6 is 0 Å². The molecule has 0 saturated heterocycles. The molecule has 1 aromatic rings. The number of benzene rings is 1. The molecule has 5 N–H and O–H groups in total. The van der Waals surface area contributed by atoms with Crippen LogP contribution in [0.5, 0.6) is 5.75 Å². The molecule has 0 bridgehead atoms. The van der Waals surface area contributed by atoms with Gasteiger partial charge in [-0.25, -0.2) is 0 Å². The molecule has 0 aliphatic carbocycles. The minimum absolute atomic E-state index is 0.169. The van der Waals surface area contributed by atoms with Crippen LogP contribution in [0, 0.1) is 13.8 Å². The summed E-state index contributed by atoms with van der Waals surface area (Å²) in [7, 11) is 1.56. The summed E-state index contributed by atoms with van der Waals surface area (Å²) in [5.41, 5.74) is 14.7. The topological polar surface area (TPSA) is 98.6 Å². The van der Waals surface area contributed by atoms with Crippen LogP contribution < -0.4 is 16.2 Å². The Hall–Kier alpha value is -1.59. The number of ether oxygens (including phenoxy) is 1. The summed E-state index contributed by atoms with van der Waals surface area (Å²) < 4.78 is 5.30. The Morgan fingerprint density at radius 1 is 1.39 bits per heavy atom. The van der Waals surface area contributed by atoms with Gasteiger partial charge in [0.15, 0.2) is 0 Å². The number of carboxylic acids is 1. The highest BCUT2D eigenvalue weighted by Crippen LogP contribution is 2.30. The van der Waals surface area contributed by atoms with Crippen molar-refractivity contribution >= 4 is 5.97 Å². The Morgan fingerprint density at radius 2 is 2.00 bits per heavy atom. The van der Waals surface area contributed by atoms with Crippen molar-refractivity contribution in [2.75, 3.05) is 7.11 Å². The lowest BCUT2D eigenvalue weighted by molar-refractivity contribution is -0.137. The second kappa shape index (κ2) is 5.84. The molecule has 0 heterocycles. The molecule has 5 nitrogen and oxygen atoms in total. The van der Waals surface area contributed by atoms with Crippen LogP contribution in [-0.4, -0.2) is 24.2 Å². The molecule has 1 aromatic carbocycles. The van der Waals surface area contributed by atoms with Crippen molar-refractivity contribution in [2.24, 2.45) is 11.5 Å². The first-order valence-electron chi connectivity index (χ1n) is 5.75. The van der Waals surface area contributed by atoms with Crippen molar-refractivity contribution in [2.45, 2.75) is 32.4 Å². The van der Waals surface area contributed by atoms with Crippen molar-refractivity contribution in [1.82, 2.24) is 0 Å². The number of rotatable bonds is 5. The second-order valence-electron chi connectivity index (χ2n) is 4.49. The SMILES string of the molecule is COc1cc(C)cc(C)c1C(N)C(N)CC(=O)O. The fourth-order valence-corrected chi connectivity index (χ4v) is 2.08. The minimum atomic E-state index is -0.957. The number of carbonyl (C=O) groups is 1. The molecule has 1 rings (SSSR count). The molecule has 0 radical (unpaired) electrons. The molecule has 5 heteroatoms. The van der Waals surface area contributed by atoms with Gasteiger partial charge in [0.05, 0.1) is 13.5 Å². The average molecular weight is 252 g/mol. The number of carboxylic acid groups (broad SMARTS) is 1. The number of hydrogen-bond acceptors (Lipinski definition) is 4. The maximum Gasteiger partial charge on any atom is 0.304 e. The Bertz CT molecular complexity index is 446. The Balaban J connectivity index is 3.11. The zero-order valence-corrected chi connectivity index (χ0v) is 10.9. The van der Waals surface area contributed by atoms with E-state index in [0.717, 1.165) is 16.7 Å². The molecule has 0 fully saturated rings. The first-order chi connectivity index (χ1) is 8.36. The molecule has 0 spiro atoms. The summed E-state index contributed by atoms with van der Waals surface area (Å²) >= 11 is 0. The quantitative estimate of drug-likeness (QED) is 0.729. The van der Waals surface area contributed by atoms with Gasteiger partial charge in [0.1, 0.15) is 5.75 Å². The van der Waals surface area contributed by atoms with Crippen molar-refractivity contribution in [3.05, 3.63) is 28.8 Å². The highest BCUT2D eigenvalue weighted by atomic mass is 16.5. The van der Waals surface area contributed by atoms with E-state index < -0.39 is 18.1 Å². The first-order valence-corrected chi connectivity index (χ1v) is 5.75. The fraction of sp³-hybridized carbons (Fsp3) is 0.462. The lowest BCUT2D eigenvalue weighted by Gasteiger charge is -2.23.